The number of hydrogen-bond acceptors (Lipinski definition) is 3. The summed E-state index contributed by atoms with van der Waals surface area (Å²) >= 11 is 3.25. The van der Waals surface area contributed by atoms with E-state index in [0.717, 1.165) is 4.47 Å². The first-order chi connectivity index (χ1) is 5.24. The van der Waals surface area contributed by atoms with Gasteiger partial charge in [-0.2, -0.15) is 0 Å². The molecule has 1 rings (SSSR count). The van der Waals surface area contributed by atoms with Gasteiger partial charge in [0.05, 0.1) is 18.3 Å². The maximum absolute atomic E-state index is 8.68. The van der Waals surface area contributed by atoms with Gasteiger partial charge in [-0.15, -0.1) is 24.8 Å². The lowest BCUT2D eigenvalue weighted by Crippen LogP contribution is -2.15. The van der Waals surface area contributed by atoms with Crippen molar-refractivity contribution in [2.24, 2.45) is 5.73 Å². The second-order valence-corrected chi connectivity index (χ2v) is 3.11. The molecule has 0 bridgehead atoms. The maximum atomic E-state index is 8.68. The molecule has 0 saturated heterocycles. The molecule has 1 aromatic heterocycles. The monoisotopic (exact) mass is 288 g/mol. The summed E-state index contributed by atoms with van der Waals surface area (Å²) in [6.45, 7) is -0.0748. The Morgan fingerprint density at radius 1 is 1.46 bits per heavy atom. The standard InChI is InChI=1S/C7H9BrN2O.2ClH/c8-5-1-2-7(10-3-5)6(9)4-11;;/h1-3,6,11H,4,9H2;2*1H/t6-;;/m0../s1. The average molecular weight is 290 g/mol. The van der Waals surface area contributed by atoms with Gasteiger partial charge in [0, 0.05) is 10.7 Å². The predicted octanol–water partition coefficient (Wildman–Crippen LogP) is 1.68. The van der Waals surface area contributed by atoms with E-state index in [0.29, 0.717) is 5.69 Å². The molecule has 3 N–H and O–H groups in total. The number of nitrogens with two attached hydrogens (primary N) is 1. The van der Waals surface area contributed by atoms with E-state index in [-0.39, 0.29) is 37.5 Å². The molecule has 1 atom stereocenters. The van der Waals surface area contributed by atoms with Crippen LogP contribution in [0, 0.1) is 0 Å². The Morgan fingerprint density at radius 2 is 2.08 bits per heavy atom. The topological polar surface area (TPSA) is 59.1 Å². The van der Waals surface area contributed by atoms with Gasteiger partial charge in [0.2, 0.25) is 0 Å². The van der Waals surface area contributed by atoms with Crippen molar-refractivity contribution in [1.29, 1.82) is 0 Å². The lowest BCUT2D eigenvalue weighted by atomic mass is 10.2. The van der Waals surface area contributed by atoms with Crippen LogP contribution < -0.4 is 5.73 Å². The minimum Gasteiger partial charge on any atom is -0.394 e. The molecule has 1 aromatic rings. The first-order valence-corrected chi connectivity index (χ1v) is 4.01. The van der Waals surface area contributed by atoms with Crippen LogP contribution in [0.4, 0.5) is 0 Å². The number of aliphatic hydroxyl groups excluding tert-OH is 1. The summed E-state index contributed by atoms with van der Waals surface area (Å²) in [5.41, 5.74) is 6.22. The Balaban J connectivity index is 0. The molecule has 0 fully saturated rings. The molecular weight excluding hydrogens is 279 g/mol. The Bertz CT molecular complexity index is 232. The van der Waals surface area contributed by atoms with Crippen LogP contribution in [0.1, 0.15) is 11.7 Å². The SMILES string of the molecule is Cl.Cl.N[C@@H](CO)c1ccc(Br)cn1. The van der Waals surface area contributed by atoms with E-state index < -0.39 is 0 Å². The van der Waals surface area contributed by atoms with Gasteiger partial charge >= 0.3 is 0 Å². The second-order valence-electron chi connectivity index (χ2n) is 2.19. The van der Waals surface area contributed by atoms with Crippen molar-refractivity contribution in [1.82, 2.24) is 4.98 Å². The van der Waals surface area contributed by atoms with Crippen molar-refractivity contribution in [2.75, 3.05) is 6.61 Å². The predicted molar refractivity (Wildman–Crippen MR) is 60.4 cm³/mol. The summed E-state index contributed by atoms with van der Waals surface area (Å²) in [7, 11) is 0. The first kappa shape index (κ1) is 15.6. The number of halogens is 3. The number of nitrogens with zero attached hydrogens (tertiary/aromatic N) is 1. The third kappa shape index (κ3) is 4.78. The summed E-state index contributed by atoms with van der Waals surface area (Å²) in [5.74, 6) is 0. The minimum atomic E-state index is -0.372. The van der Waals surface area contributed by atoms with Crippen LogP contribution in [0.3, 0.4) is 0 Å². The number of hydrogen-bond donors (Lipinski definition) is 2. The van der Waals surface area contributed by atoms with Gasteiger partial charge in [0.1, 0.15) is 0 Å². The van der Waals surface area contributed by atoms with Crippen LogP contribution in [0.2, 0.25) is 0 Å². The molecule has 0 spiro atoms. The first-order valence-electron chi connectivity index (χ1n) is 3.22. The second kappa shape index (κ2) is 7.53. The maximum Gasteiger partial charge on any atom is 0.0704 e. The Kier molecular flexibility index (Phi) is 9.03. The van der Waals surface area contributed by atoms with Crippen LogP contribution in [-0.4, -0.2) is 16.7 Å². The van der Waals surface area contributed by atoms with E-state index in [1.165, 1.54) is 0 Å². The Hall–Kier alpha value is 0.130. The highest BCUT2D eigenvalue weighted by molar-refractivity contribution is 9.10. The zero-order valence-corrected chi connectivity index (χ0v) is 9.90. The van der Waals surface area contributed by atoms with Gasteiger partial charge in [-0.3, -0.25) is 4.98 Å². The van der Waals surface area contributed by atoms with Crippen molar-refractivity contribution in [2.45, 2.75) is 6.04 Å². The molecular formula is C7H11BrCl2N2O. The van der Waals surface area contributed by atoms with Crippen molar-refractivity contribution in [3.63, 3.8) is 0 Å². The Labute approximate surface area is 97.7 Å². The fourth-order valence-electron chi connectivity index (χ4n) is 0.700. The highest BCUT2D eigenvalue weighted by Gasteiger charge is 2.03. The number of rotatable bonds is 2. The van der Waals surface area contributed by atoms with E-state index in [4.69, 9.17) is 10.8 Å². The fraction of sp³-hybridized carbons (Fsp3) is 0.286. The van der Waals surface area contributed by atoms with Gasteiger partial charge in [-0.1, -0.05) is 0 Å². The lowest BCUT2D eigenvalue weighted by Gasteiger charge is -2.05. The molecule has 0 aliphatic rings. The molecule has 13 heavy (non-hydrogen) atoms. The van der Waals surface area contributed by atoms with Gasteiger partial charge in [-0.05, 0) is 28.1 Å². The number of pyridine rings is 1. The van der Waals surface area contributed by atoms with E-state index >= 15 is 0 Å². The van der Waals surface area contributed by atoms with E-state index in [9.17, 15) is 0 Å². The number of aromatic nitrogens is 1. The molecule has 3 nitrogen and oxygen atoms in total. The third-order valence-corrected chi connectivity index (χ3v) is 1.80. The summed E-state index contributed by atoms with van der Waals surface area (Å²) < 4.78 is 0.909. The van der Waals surface area contributed by atoms with Crippen LogP contribution >= 0.6 is 40.7 Å². The van der Waals surface area contributed by atoms with E-state index in [1.807, 2.05) is 6.07 Å². The molecule has 1 heterocycles. The normalized spacial score (nSPS) is 11.0. The zero-order valence-electron chi connectivity index (χ0n) is 6.68. The molecule has 6 heteroatoms. The van der Waals surface area contributed by atoms with Gasteiger partial charge in [0.25, 0.3) is 0 Å². The highest BCUT2D eigenvalue weighted by Crippen LogP contribution is 2.11. The van der Waals surface area contributed by atoms with Crippen molar-refractivity contribution >= 4 is 40.7 Å². The van der Waals surface area contributed by atoms with E-state index in [1.54, 1.807) is 12.3 Å². The van der Waals surface area contributed by atoms with E-state index in [2.05, 4.69) is 20.9 Å². The zero-order chi connectivity index (χ0) is 8.27. The fourth-order valence-corrected chi connectivity index (χ4v) is 0.935. The van der Waals surface area contributed by atoms with Crippen molar-refractivity contribution in [3.8, 4) is 0 Å². The minimum absolute atomic E-state index is 0. The lowest BCUT2D eigenvalue weighted by molar-refractivity contribution is 0.266. The molecule has 0 aliphatic carbocycles. The molecule has 76 valence electrons. The van der Waals surface area contributed by atoms with Gasteiger partial charge in [0.15, 0.2) is 0 Å². The van der Waals surface area contributed by atoms with Crippen LogP contribution in [0.5, 0.6) is 0 Å². The van der Waals surface area contributed by atoms with Crippen molar-refractivity contribution < 1.29 is 5.11 Å². The van der Waals surface area contributed by atoms with Crippen molar-refractivity contribution in [3.05, 3.63) is 28.5 Å². The number of aliphatic hydroxyl groups is 1. The van der Waals surface area contributed by atoms with Crippen LogP contribution in [-0.2, 0) is 0 Å². The summed E-state index contributed by atoms with van der Waals surface area (Å²) in [6, 6.07) is 3.26. The molecule has 0 aromatic carbocycles. The summed E-state index contributed by atoms with van der Waals surface area (Å²) in [4.78, 5) is 4.02. The molecule has 0 saturated carbocycles. The highest BCUT2D eigenvalue weighted by atomic mass is 79.9. The van der Waals surface area contributed by atoms with Crippen LogP contribution in [0.15, 0.2) is 22.8 Å². The average Bonchev–Trinajstić information content (AvgIpc) is 2.05. The molecule has 0 aliphatic heterocycles. The van der Waals surface area contributed by atoms with Crippen LogP contribution in [0.25, 0.3) is 0 Å². The molecule has 0 amide bonds. The Morgan fingerprint density at radius 3 is 2.46 bits per heavy atom. The third-order valence-electron chi connectivity index (χ3n) is 1.33. The largest absolute Gasteiger partial charge is 0.394 e. The molecule has 0 unspecified atom stereocenters. The quantitative estimate of drug-likeness (QED) is 0.871. The summed E-state index contributed by atoms with van der Waals surface area (Å²) in [6.07, 6.45) is 1.66. The summed E-state index contributed by atoms with van der Waals surface area (Å²) in [5, 5.41) is 8.68. The smallest absolute Gasteiger partial charge is 0.0704 e. The van der Waals surface area contributed by atoms with Gasteiger partial charge < -0.3 is 10.8 Å². The molecule has 0 radical (unpaired) electrons. The van der Waals surface area contributed by atoms with Gasteiger partial charge in [-0.25, -0.2) is 0 Å².